The molecule has 0 unspecified atom stereocenters. The molecule has 4 heteroatoms. The molecule has 1 rings (SSSR count). The SMILES string of the molecule is CCOc1cccc([C@H](N[SH+]C(C)(C)C)C(C)C)c1.[OH-]. The van der Waals surface area contributed by atoms with Crippen LogP contribution < -0.4 is 9.46 Å². The second-order valence-corrected chi connectivity index (χ2v) is 7.96. The van der Waals surface area contributed by atoms with E-state index >= 15 is 0 Å². The molecule has 0 spiro atoms. The third-order valence-corrected chi connectivity index (χ3v) is 3.81. The molecule has 0 heterocycles. The average Bonchev–Trinajstić information content (AvgIpc) is 2.28. The predicted octanol–water partition coefficient (Wildman–Crippen LogP) is 3.72. The first kappa shape index (κ1) is 19.3. The van der Waals surface area contributed by atoms with E-state index in [-0.39, 0.29) is 10.2 Å². The van der Waals surface area contributed by atoms with Crippen LogP contribution in [0.5, 0.6) is 5.75 Å². The summed E-state index contributed by atoms with van der Waals surface area (Å²) < 4.78 is 9.52. The Hall–Kier alpha value is -0.710. The van der Waals surface area contributed by atoms with Crippen molar-refractivity contribution in [2.45, 2.75) is 52.3 Å². The van der Waals surface area contributed by atoms with Gasteiger partial charge in [-0.05, 0) is 51.3 Å². The molecule has 116 valence electrons. The van der Waals surface area contributed by atoms with Crippen LogP contribution in [-0.4, -0.2) is 16.8 Å². The standard InChI is InChI=1S/C16H27NOS.H2O/c1-7-18-14-10-8-9-13(11-14)15(12(2)3)17-19-16(4,5)6;/h8-12,15,17H,7H2,1-6H3;1H2/t15-;/m1./s1. The maximum Gasteiger partial charge on any atom is 0.136 e. The van der Waals surface area contributed by atoms with Gasteiger partial charge in [0, 0.05) is 0 Å². The van der Waals surface area contributed by atoms with Gasteiger partial charge in [0.25, 0.3) is 0 Å². The van der Waals surface area contributed by atoms with Gasteiger partial charge in [-0.15, -0.1) is 4.72 Å². The molecule has 1 aromatic carbocycles. The molecular formula is C16H29NO2S. The number of hydrogen-bond acceptors (Lipinski definition) is 3. The number of thiol groups is 1. The first-order chi connectivity index (χ1) is 8.83. The first-order valence-corrected chi connectivity index (χ1v) is 7.93. The number of nitrogens with one attached hydrogen (secondary N) is 1. The molecule has 0 amide bonds. The summed E-state index contributed by atoms with van der Waals surface area (Å²) in [5, 5.41) is 0. The lowest BCUT2D eigenvalue weighted by molar-refractivity contribution is 0.339. The number of hydrogen-bond donors (Lipinski definition) is 1. The molecule has 0 saturated carbocycles. The van der Waals surface area contributed by atoms with E-state index in [0.717, 1.165) is 5.75 Å². The van der Waals surface area contributed by atoms with Crippen LogP contribution in [0.4, 0.5) is 0 Å². The van der Waals surface area contributed by atoms with Crippen molar-refractivity contribution in [3.05, 3.63) is 29.8 Å². The zero-order valence-corrected chi connectivity index (χ0v) is 14.4. The van der Waals surface area contributed by atoms with Crippen molar-refractivity contribution in [2.24, 2.45) is 5.92 Å². The predicted molar refractivity (Wildman–Crippen MR) is 88.8 cm³/mol. The normalized spacial score (nSPS) is 12.9. The third kappa shape index (κ3) is 6.64. The smallest absolute Gasteiger partial charge is 0.136 e. The topological polar surface area (TPSA) is 51.3 Å². The van der Waals surface area contributed by atoms with Crippen molar-refractivity contribution >= 4 is 11.9 Å². The highest BCUT2D eigenvalue weighted by Gasteiger charge is 2.25. The molecule has 0 aliphatic heterocycles. The zero-order chi connectivity index (χ0) is 14.5. The number of rotatable bonds is 6. The van der Waals surface area contributed by atoms with Gasteiger partial charge in [0.15, 0.2) is 0 Å². The molecule has 20 heavy (non-hydrogen) atoms. The Morgan fingerprint density at radius 3 is 2.40 bits per heavy atom. The quantitative estimate of drug-likeness (QED) is 0.643. The van der Waals surface area contributed by atoms with Gasteiger partial charge in [-0.1, -0.05) is 26.0 Å². The summed E-state index contributed by atoms with van der Waals surface area (Å²) in [4.78, 5) is 0. The maximum absolute atomic E-state index is 5.59. The number of benzene rings is 1. The van der Waals surface area contributed by atoms with Gasteiger partial charge >= 0.3 is 0 Å². The summed E-state index contributed by atoms with van der Waals surface area (Å²) in [5.41, 5.74) is 1.30. The van der Waals surface area contributed by atoms with Crippen LogP contribution in [-0.2, 0) is 11.9 Å². The zero-order valence-electron chi connectivity index (χ0n) is 13.5. The summed E-state index contributed by atoms with van der Waals surface area (Å²) in [7, 11) is 0. The van der Waals surface area contributed by atoms with Crippen molar-refractivity contribution in [2.75, 3.05) is 6.61 Å². The fraction of sp³-hybridized carbons (Fsp3) is 0.625. The van der Waals surface area contributed by atoms with Gasteiger partial charge in [0.05, 0.1) is 24.6 Å². The second-order valence-electron chi connectivity index (χ2n) is 6.14. The number of ether oxygens (including phenoxy) is 1. The van der Waals surface area contributed by atoms with E-state index in [1.54, 1.807) is 0 Å². The van der Waals surface area contributed by atoms with E-state index in [0.29, 0.717) is 18.6 Å². The Morgan fingerprint density at radius 2 is 1.90 bits per heavy atom. The summed E-state index contributed by atoms with van der Waals surface area (Å²) >= 11 is 1.27. The van der Waals surface area contributed by atoms with E-state index in [1.165, 1.54) is 17.5 Å². The summed E-state index contributed by atoms with van der Waals surface area (Å²) in [6, 6.07) is 8.79. The molecule has 0 saturated heterocycles. The largest absolute Gasteiger partial charge is 0.870 e. The van der Waals surface area contributed by atoms with Crippen molar-refractivity contribution in [3.63, 3.8) is 0 Å². The lowest BCUT2D eigenvalue weighted by Crippen LogP contribution is -2.33. The molecule has 0 bridgehead atoms. The van der Waals surface area contributed by atoms with Gasteiger partial charge < -0.3 is 10.2 Å². The minimum atomic E-state index is 0. The van der Waals surface area contributed by atoms with Crippen LogP contribution in [0.2, 0.25) is 0 Å². The fourth-order valence-corrected chi connectivity index (χ4v) is 2.81. The van der Waals surface area contributed by atoms with Gasteiger partial charge in [-0.25, -0.2) is 0 Å². The monoisotopic (exact) mass is 299 g/mol. The fourth-order valence-electron chi connectivity index (χ4n) is 1.84. The lowest BCUT2D eigenvalue weighted by Gasteiger charge is -2.22. The van der Waals surface area contributed by atoms with Crippen LogP contribution in [0.1, 0.15) is 53.1 Å². The van der Waals surface area contributed by atoms with Gasteiger partial charge in [0.1, 0.15) is 10.5 Å². The highest BCUT2D eigenvalue weighted by molar-refractivity contribution is 7.77. The Kier molecular flexibility index (Phi) is 8.25. The van der Waals surface area contributed by atoms with Crippen LogP contribution in [0.25, 0.3) is 0 Å². The summed E-state index contributed by atoms with van der Waals surface area (Å²) in [6.45, 7) is 14.0. The van der Waals surface area contributed by atoms with Crippen molar-refractivity contribution in [1.29, 1.82) is 0 Å². The minimum Gasteiger partial charge on any atom is -0.870 e. The summed E-state index contributed by atoms with van der Waals surface area (Å²) in [5.74, 6) is 1.51. The average molecular weight is 299 g/mol. The molecule has 1 atom stereocenters. The lowest BCUT2D eigenvalue weighted by atomic mass is 9.97. The van der Waals surface area contributed by atoms with Gasteiger partial charge in [-0.2, -0.15) is 0 Å². The first-order valence-electron chi connectivity index (χ1n) is 7.03. The highest BCUT2D eigenvalue weighted by atomic mass is 32.2. The van der Waals surface area contributed by atoms with Crippen molar-refractivity contribution in [3.8, 4) is 5.75 Å². The Balaban J connectivity index is 0.00000361. The van der Waals surface area contributed by atoms with Crippen LogP contribution in [0, 0.1) is 5.92 Å². The van der Waals surface area contributed by atoms with E-state index in [1.807, 2.05) is 13.0 Å². The summed E-state index contributed by atoms with van der Waals surface area (Å²) in [6.07, 6.45) is 0. The molecule has 1 aromatic rings. The van der Waals surface area contributed by atoms with E-state index in [4.69, 9.17) is 4.74 Å². The van der Waals surface area contributed by atoms with Gasteiger partial charge in [0.2, 0.25) is 0 Å². The molecule has 3 nitrogen and oxygen atoms in total. The van der Waals surface area contributed by atoms with Crippen molar-refractivity contribution < 1.29 is 10.2 Å². The van der Waals surface area contributed by atoms with Crippen LogP contribution >= 0.6 is 0 Å². The van der Waals surface area contributed by atoms with Gasteiger partial charge in [-0.3, -0.25) is 0 Å². The molecule has 2 N–H and O–H groups in total. The van der Waals surface area contributed by atoms with E-state index in [2.05, 4.69) is 57.5 Å². The molecule has 0 aromatic heterocycles. The highest BCUT2D eigenvalue weighted by Crippen LogP contribution is 2.26. The van der Waals surface area contributed by atoms with Crippen LogP contribution in [0.3, 0.4) is 0 Å². The molecular weight excluding hydrogens is 270 g/mol. The minimum absolute atomic E-state index is 0. The molecule has 0 aliphatic rings. The Bertz CT molecular complexity index is 388. The second kappa shape index (κ2) is 8.55. The molecule has 0 radical (unpaired) electrons. The van der Waals surface area contributed by atoms with Crippen LogP contribution in [0.15, 0.2) is 24.3 Å². The van der Waals surface area contributed by atoms with Crippen molar-refractivity contribution in [1.82, 2.24) is 4.72 Å². The van der Waals surface area contributed by atoms with E-state index in [9.17, 15) is 0 Å². The van der Waals surface area contributed by atoms with E-state index < -0.39 is 0 Å². The maximum atomic E-state index is 5.59. The third-order valence-electron chi connectivity index (χ3n) is 2.73. The Labute approximate surface area is 127 Å². The Morgan fingerprint density at radius 1 is 1.25 bits per heavy atom. The molecule has 0 fully saturated rings. The molecule has 0 aliphatic carbocycles.